The summed E-state index contributed by atoms with van der Waals surface area (Å²) in [5.41, 5.74) is 1.67. The molecule has 1 N–H and O–H groups in total. The summed E-state index contributed by atoms with van der Waals surface area (Å²) in [6.45, 7) is 5.36. The van der Waals surface area contributed by atoms with Gasteiger partial charge >= 0.3 is 5.69 Å². The van der Waals surface area contributed by atoms with Crippen LogP contribution in [0.5, 0.6) is 11.5 Å². The third-order valence-electron chi connectivity index (χ3n) is 3.09. The molecule has 0 saturated carbocycles. The van der Waals surface area contributed by atoms with Gasteiger partial charge in [-0.15, -0.1) is 0 Å². The molecule has 0 saturated heterocycles. The van der Waals surface area contributed by atoms with E-state index in [4.69, 9.17) is 4.74 Å². The molecule has 2 rings (SSSR count). The van der Waals surface area contributed by atoms with Crippen LogP contribution in [0, 0.1) is 17.0 Å². The maximum atomic E-state index is 11.2. The summed E-state index contributed by atoms with van der Waals surface area (Å²) in [6.07, 6.45) is 0. The van der Waals surface area contributed by atoms with Crippen LogP contribution < -0.4 is 10.1 Å². The van der Waals surface area contributed by atoms with Gasteiger partial charge in [0, 0.05) is 12.1 Å². The van der Waals surface area contributed by atoms with Crippen LogP contribution in [0.15, 0.2) is 42.5 Å². The van der Waals surface area contributed by atoms with E-state index in [0.717, 1.165) is 18.7 Å². The summed E-state index contributed by atoms with van der Waals surface area (Å²) in [4.78, 5) is 10.7. The smallest absolute Gasteiger partial charge is 0.314 e. The molecule has 110 valence electrons. The molecule has 2 aromatic rings. The first-order valence-electron chi connectivity index (χ1n) is 6.83. The summed E-state index contributed by atoms with van der Waals surface area (Å²) in [7, 11) is 0. The predicted molar refractivity (Wildman–Crippen MR) is 81.7 cm³/mol. The third kappa shape index (κ3) is 3.79. The Hall–Kier alpha value is -2.40. The molecular weight excluding hydrogens is 268 g/mol. The highest BCUT2D eigenvalue weighted by Crippen LogP contribution is 2.33. The van der Waals surface area contributed by atoms with Gasteiger partial charge in [-0.2, -0.15) is 0 Å². The van der Waals surface area contributed by atoms with Crippen LogP contribution in [-0.4, -0.2) is 11.5 Å². The molecule has 0 radical (unpaired) electrons. The van der Waals surface area contributed by atoms with Gasteiger partial charge in [0.2, 0.25) is 5.75 Å². The van der Waals surface area contributed by atoms with Crippen molar-refractivity contribution in [2.45, 2.75) is 20.4 Å². The van der Waals surface area contributed by atoms with Crippen molar-refractivity contribution in [2.24, 2.45) is 0 Å². The van der Waals surface area contributed by atoms with Crippen LogP contribution in [0.25, 0.3) is 0 Å². The van der Waals surface area contributed by atoms with Crippen molar-refractivity contribution in [3.63, 3.8) is 0 Å². The number of benzene rings is 2. The highest BCUT2D eigenvalue weighted by Gasteiger charge is 2.18. The van der Waals surface area contributed by atoms with Crippen molar-refractivity contribution in [2.75, 3.05) is 6.54 Å². The van der Waals surface area contributed by atoms with Crippen LogP contribution >= 0.6 is 0 Å². The van der Waals surface area contributed by atoms with Crippen LogP contribution in [0.3, 0.4) is 0 Å². The van der Waals surface area contributed by atoms with E-state index in [9.17, 15) is 10.1 Å². The first kappa shape index (κ1) is 15.0. The number of hydrogen-bond donors (Lipinski definition) is 1. The molecule has 0 atom stereocenters. The van der Waals surface area contributed by atoms with Crippen molar-refractivity contribution < 1.29 is 9.66 Å². The molecule has 5 heteroatoms. The van der Waals surface area contributed by atoms with Gasteiger partial charge in [-0.1, -0.05) is 31.2 Å². The van der Waals surface area contributed by atoms with Gasteiger partial charge in [0.05, 0.1) is 4.92 Å². The normalized spacial score (nSPS) is 10.4. The number of nitrogens with one attached hydrogen (secondary N) is 1. The summed E-state index contributed by atoms with van der Waals surface area (Å²) < 4.78 is 5.70. The summed E-state index contributed by atoms with van der Waals surface area (Å²) in [5.74, 6) is 0.861. The van der Waals surface area contributed by atoms with Crippen LogP contribution in [0.1, 0.15) is 18.1 Å². The van der Waals surface area contributed by atoms with Crippen molar-refractivity contribution in [1.29, 1.82) is 0 Å². The monoisotopic (exact) mass is 286 g/mol. The molecular formula is C16H18N2O3. The lowest BCUT2D eigenvalue weighted by Gasteiger charge is -2.09. The molecule has 0 aliphatic carbocycles. The van der Waals surface area contributed by atoms with E-state index in [-0.39, 0.29) is 11.4 Å². The molecule has 0 bridgehead atoms. The Balaban J connectivity index is 2.26. The van der Waals surface area contributed by atoms with E-state index in [1.807, 2.05) is 25.1 Å². The Morgan fingerprint density at radius 1 is 1.24 bits per heavy atom. The molecule has 0 spiro atoms. The lowest BCUT2D eigenvalue weighted by molar-refractivity contribution is -0.386. The maximum absolute atomic E-state index is 11.2. The minimum absolute atomic E-state index is 0.00888. The minimum Gasteiger partial charge on any atom is -0.450 e. The Morgan fingerprint density at radius 2 is 2.00 bits per heavy atom. The van der Waals surface area contributed by atoms with Crippen LogP contribution in [-0.2, 0) is 6.54 Å². The standard InChI is InChI=1S/C16H18N2O3/c1-3-17-11-13-7-5-8-14(10-13)21-15-9-4-6-12(2)16(15)18(19)20/h4-10,17H,3,11H2,1-2H3. The Kier molecular flexibility index (Phi) is 4.90. The average Bonchev–Trinajstić information content (AvgIpc) is 2.45. The first-order valence-corrected chi connectivity index (χ1v) is 6.83. The molecule has 2 aromatic carbocycles. The molecule has 0 heterocycles. The Bertz CT molecular complexity index is 641. The molecule has 5 nitrogen and oxygen atoms in total. The van der Waals surface area contributed by atoms with E-state index < -0.39 is 4.92 Å². The second-order valence-corrected chi connectivity index (χ2v) is 4.71. The van der Waals surface area contributed by atoms with Crippen molar-refractivity contribution in [1.82, 2.24) is 5.32 Å². The number of nitrogens with zero attached hydrogens (tertiary/aromatic N) is 1. The van der Waals surface area contributed by atoms with E-state index in [0.29, 0.717) is 11.3 Å². The third-order valence-corrected chi connectivity index (χ3v) is 3.09. The number of aryl methyl sites for hydroxylation is 1. The predicted octanol–water partition coefficient (Wildman–Crippen LogP) is 3.81. The second-order valence-electron chi connectivity index (χ2n) is 4.71. The van der Waals surface area contributed by atoms with Crippen molar-refractivity contribution >= 4 is 5.69 Å². The van der Waals surface area contributed by atoms with Gasteiger partial charge < -0.3 is 10.1 Å². The number of nitro benzene ring substituents is 1. The molecule has 21 heavy (non-hydrogen) atoms. The fraction of sp³-hybridized carbons (Fsp3) is 0.250. The van der Waals surface area contributed by atoms with Gasteiger partial charge in [0.1, 0.15) is 5.75 Å². The zero-order valence-corrected chi connectivity index (χ0v) is 12.1. The Labute approximate surface area is 123 Å². The fourth-order valence-electron chi connectivity index (χ4n) is 2.06. The first-order chi connectivity index (χ1) is 10.1. The number of ether oxygens (including phenoxy) is 1. The largest absolute Gasteiger partial charge is 0.450 e. The Morgan fingerprint density at radius 3 is 2.71 bits per heavy atom. The molecule has 0 unspecified atom stereocenters. The minimum atomic E-state index is -0.410. The summed E-state index contributed by atoms with van der Waals surface area (Å²) in [5, 5.41) is 14.4. The van der Waals surface area contributed by atoms with Crippen LogP contribution in [0.2, 0.25) is 0 Å². The number of hydrogen-bond acceptors (Lipinski definition) is 4. The molecule has 0 fully saturated rings. The van der Waals surface area contributed by atoms with E-state index >= 15 is 0 Å². The van der Waals surface area contributed by atoms with E-state index in [1.54, 1.807) is 31.2 Å². The van der Waals surface area contributed by atoms with Gasteiger partial charge in [-0.3, -0.25) is 10.1 Å². The highest BCUT2D eigenvalue weighted by molar-refractivity contribution is 5.53. The van der Waals surface area contributed by atoms with Gasteiger partial charge in [0.15, 0.2) is 0 Å². The maximum Gasteiger partial charge on any atom is 0.314 e. The van der Waals surface area contributed by atoms with Crippen molar-refractivity contribution in [3.05, 3.63) is 63.7 Å². The lowest BCUT2D eigenvalue weighted by atomic mass is 10.2. The highest BCUT2D eigenvalue weighted by atomic mass is 16.6. The SMILES string of the molecule is CCNCc1cccc(Oc2cccc(C)c2[N+](=O)[O-])c1. The zero-order valence-electron chi connectivity index (χ0n) is 12.1. The zero-order chi connectivity index (χ0) is 15.2. The molecule has 0 amide bonds. The topological polar surface area (TPSA) is 64.4 Å². The van der Waals surface area contributed by atoms with Gasteiger partial charge in [0.25, 0.3) is 0 Å². The van der Waals surface area contributed by atoms with Gasteiger partial charge in [-0.05, 0) is 37.2 Å². The molecule has 0 aliphatic rings. The molecule has 0 aromatic heterocycles. The lowest BCUT2D eigenvalue weighted by Crippen LogP contribution is -2.11. The second kappa shape index (κ2) is 6.85. The molecule has 0 aliphatic heterocycles. The summed E-state index contributed by atoms with van der Waals surface area (Å²) >= 11 is 0. The average molecular weight is 286 g/mol. The quantitative estimate of drug-likeness (QED) is 0.648. The number of rotatable bonds is 6. The fourth-order valence-corrected chi connectivity index (χ4v) is 2.06. The summed E-state index contributed by atoms with van der Waals surface area (Å²) in [6, 6.07) is 12.6. The van der Waals surface area contributed by atoms with E-state index in [1.165, 1.54) is 0 Å². The van der Waals surface area contributed by atoms with E-state index in [2.05, 4.69) is 5.32 Å². The number of nitro groups is 1. The van der Waals surface area contributed by atoms with Crippen molar-refractivity contribution in [3.8, 4) is 11.5 Å². The number of para-hydroxylation sites is 1. The van der Waals surface area contributed by atoms with Gasteiger partial charge in [-0.25, -0.2) is 0 Å². The van der Waals surface area contributed by atoms with Crippen LogP contribution in [0.4, 0.5) is 5.69 Å².